The average molecular weight is 353 g/mol. The van der Waals surface area contributed by atoms with E-state index in [1.807, 2.05) is 30.3 Å². The molecule has 0 fully saturated rings. The van der Waals surface area contributed by atoms with E-state index in [-0.39, 0.29) is 35.9 Å². The summed E-state index contributed by atoms with van der Waals surface area (Å²) in [5.74, 6) is -1.05. The van der Waals surface area contributed by atoms with Crippen molar-refractivity contribution in [3.05, 3.63) is 64.8 Å². The van der Waals surface area contributed by atoms with Gasteiger partial charge in [-0.25, -0.2) is 0 Å². The molecule has 0 bridgehead atoms. The number of nitro groups is 1. The van der Waals surface area contributed by atoms with Crippen molar-refractivity contribution < 1.29 is 19.6 Å². The summed E-state index contributed by atoms with van der Waals surface area (Å²) in [6.45, 7) is 0. The lowest BCUT2D eigenvalue weighted by molar-refractivity contribution is -0.384. The molecular formula is C18H15N3O5. The number of benzene rings is 2. The van der Waals surface area contributed by atoms with E-state index in [0.29, 0.717) is 0 Å². The van der Waals surface area contributed by atoms with Crippen LogP contribution in [0.25, 0.3) is 10.9 Å². The molecular weight excluding hydrogens is 338 g/mol. The topological polar surface area (TPSA) is 114 Å². The number of nitrogens with one attached hydrogen (secondary N) is 1. The zero-order chi connectivity index (χ0) is 18.7. The van der Waals surface area contributed by atoms with Crippen LogP contribution in [-0.2, 0) is 4.79 Å². The van der Waals surface area contributed by atoms with Gasteiger partial charge in [-0.3, -0.25) is 24.3 Å². The molecule has 1 heterocycles. The van der Waals surface area contributed by atoms with Crippen molar-refractivity contribution >= 4 is 34.1 Å². The molecule has 3 aromatic rings. The minimum atomic E-state index is -0.629. The van der Waals surface area contributed by atoms with E-state index in [2.05, 4.69) is 5.32 Å². The van der Waals surface area contributed by atoms with E-state index >= 15 is 0 Å². The minimum absolute atomic E-state index is 0.0415. The Bertz CT molecular complexity index is 1010. The quantitative estimate of drug-likeness (QED) is 0.415. The van der Waals surface area contributed by atoms with Gasteiger partial charge in [-0.2, -0.15) is 0 Å². The maximum Gasteiger partial charge on any atom is 0.271 e. The van der Waals surface area contributed by atoms with Gasteiger partial charge in [-0.1, -0.05) is 18.2 Å². The highest BCUT2D eigenvalue weighted by molar-refractivity contribution is 5.97. The number of fused-ring (bicyclic) bond motifs is 1. The number of nitro benzene ring substituents is 1. The van der Waals surface area contributed by atoms with Crippen molar-refractivity contribution in [1.82, 2.24) is 4.57 Å². The van der Waals surface area contributed by atoms with Crippen LogP contribution in [0.5, 0.6) is 5.75 Å². The van der Waals surface area contributed by atoms with Gasteiger partial charge in [-0.15, -0.1) is 0 Å². The van der Waals surface area contributed by atoms with Gasteiger partial charge in [-0.05, 0) is 18.2 Å². The highest BCUT2D eigenvalue weighted by atomic mass is 16.6. The zero-order valence-corrected chi connectivity index (χ0v) is 13.6. The molecule has 0 saturated carbocycles. The Hall–Kier alpha value is -3.68. The molecule has 0 aliphatic rings. The van der Waals surface area contributed by atoms with Gasteiger partial charge in [0.25, 0.3) is 5.69 Å². The van der Waals surface area contributed by atoms with Gasteiger partial charge in [0.2, 0.25) is 11.8 Å². The number of nitrogens with zero attached hydrogens (tertiary/aromatic N) is 2. The molecule has 8 nitrogen and oxygen atoms in total. The third-order valence-corrected chi connectivity index (χ3v) is 3.90. The fourth-order valence-corrected chi connectivity index (χ4v) is 2.59. The predicted octanol–water partition coefficient (Wildman–Crippen LogP) is 3.31. The highest BCUT2D eigenvalue weighted by Crippen LogP contribution is 2.28. The smallest absolute Gasteiger partial charge is 0.271 e. The zero-order valence-electron chi connectivity index (χ0n) is 13.6. The molecule has 1 amide bonds. The largest absolute Gasteiger partial charge is 0.506 e. The second-order valence-electron chi connectivity index (χ2n) is 5.65. The number of rotatable bonds is 5. The highest BCUT2D eigenvalue weighted by Gasteiger charge is 2.15. The number of amides is 1. The number of carbonyl (C=O) groups is 2. The summed E-state index contributed by atoms with van der Waals surface area (Å²) in [5.41, 5.74) is 0.435. The molecule has 0 radical (unpaired) electrons. The SMILES string of the molecule is O=C(CCC(=O)n1ccc2ccccc21)Nc1cc([N+](=O)[O-])ccc1O. The molecule has 0 unspecified atom stereocenters. The summed E-state index contributed by atoms with van der Waals surface area (Å²) in [6, 6.07) is 12.5. The van der Waals surface area contributed by atoms with Crippen molar-refractivity contribution in [2.45, 2.75) is 12.8 Å². The molecule has 0 spiro atoms. The second-order valence-corrected chi connectivity index (χ2v) is 5.65. The maximum atomic E-state index is 12.3. The first-order valence-electron chi connectivity index (χ1n) is 7.82. The summed E-state index contributed by atoms with van der Waals surface area (Å²) in [5, 5.41) is 23.8. The lowest BCUT2D eigenvalue weighted by Crippen LogP contribution is -2.16. The van der Waals surface area contributed by atoms with Crippen LogP contribution in [0.2, 0.25) is 0 Å². The lowest BCUT2D eigenvalue weighted by atomic mass is 10.2. The van der Waals surface area contributed by atoms with Gasteiger partial charge in [0.15, 0.2) is 0 Å². The fourth-order valence-electron chi connectivity index (χ4n) is 2.59. The van der Waals surface area contributed by atoms with Crippen LogP contribution in [0.4, 0.5) is 11.4 Å². The Labute approximate surface area is 147 Å². The second kappa shape index (κ2) is 7.06. The van der Waals surface area contributed by atoms with Crippen LogP contribution < -0.4 is 5.32 Å². The first-order chi connectivity index (χ1) is 12.5. The Morgan fingerprint density at radius 2 is 1.88 bits per heavy atom. The van der Waals surface area contributed by atoms with E-state index in [1.54, 1.807) is 6.20 Å². The van der Waals surface area contributed by atoms with Crippen LogP contribution in [0.15, 0.2) is 54.7 Å². The molecule has 0 saturated heterocycles. The number of hydrogen-bond donors (Lipinski definition) is 2. The number of hydrogen-bond acceptors (Lipinski definition) is 5. The van der Waals surface area contributed by atoms with Gasteiger partial charge in [0.1, 0.15) is 5.75 Å². The number of carbonyl (C=O) groups excluding carboxylic acids is 2. The van der Waals surface area contributed by atoms with E-state index in [4.69, 9.17) is 0 Å². The minimum Gasteiger partial charge on any atom is -0.506 e. The van der Waals surface area contributed by atoms with Crippen LogP contribution >= 0.6 is 0 Å². The number of phenolic OH excluding ortho intramolecular Hbond substituents is 1. The Morgan fingerprint density at radius 1 is 1.12 bits per heavy atom. The number of anilines is 1. The molecule has 8 heteroatoms. The van der Waals surface area contributed by atoms with Crippen molar-refractivity contribution in [3.8, 4) is 5.75 Å². The van der Waals surface area contributed by atoms with Crippen molar-refractivity contribution in [2.75, 3.05) is 5.32 Å². The molecule has 0 atom stereocenters. The van der Waals surface area contributed by atoms with Crippen LogP contribution in [-0.4, -0.2) is 26.4 Å². The third-order valence-electron chi connectivity index (χ3n) is 3.90. The third kappa shape index (κ3) is 3.54. The Kier molecular flexibility index (Phi) is 4.66. The number of para-hydroxylation sites is 1. The van der Waals surface area contributed by atoms with Crippen molar-refractivity contribution in [1.29, 1.82) is 0 Å². The van der Waals surface area contributed by atoms with Gasteiger partial charge < -0.3 is 10.4 Å². The van der Waals surface area contributed by atoms with Gasteiger partial charge in [0.05, 0.1) is 16.1 Å². The van der Waals surface area contributed by atoms with Gasteiger partial charge in [0, 0.05) is 36.6 Å². The molecule has 132 valence electrons. The first-order valence-corrected chi connectivity index (χ1v) is 7.82. The average Bonchev–Trinajstić information content (AvgIpc) is 3.05. The Balaban J connectivity index is 1.65. The summed E-state index contributed by atoms with van der Waals surface area (Å²) >= 11 is 0. The molecule has 0 aliphatic heterocycles. The summed E-state index contributed by atoms with van der Waals surface area (Å²) in [4.78, 5) is 34.5. The molecule has 1 aromatic heterocycles. The van der Waals surface area contributed by atoms with Crippen molar-refractivity contribution in [2.24, 2.45) is 0 Å². The predicted molar refractivity (Wildman–Crippen MR) is 95.2 cm³/mol. The van der Waals surface area contributed by atoms with Crippen molar-refractivity contribution in [3.63, 3.8) is 0 Å². The van der Waals surface area contributed by atoms with Crippen LogP contribution in [0.1, 0.15) is 17.6 Å². The van der Waals surface area contributed by atoms with Crippen LogP contribution in [0.3, 0.4) is 0 Å². The molecule has 0 aliphatic carbocycles. The number of aromatic hydroxyl groups is 1. The first kappa shape index (κ1) is 17.2. The maximum absolute atomic E-state index is 12.3. The van der Waals surface area contributed by atoms with E-state index in [9.17, 15) is 24.8 Å². The number of phenols is 1. The summed E-state index contributed by atoms with van der Waals surface area (Å²) in [7, 11) is 0. The fraction of sp³-hybridized carbons (Fsp3) is 0.111. The Morgan fingerprint density at radius 3 is 2.65 bits per heavy atom. The van der Waals surface area contributed by atoms with E-state index in [1.165, 1.54) is 4.57 Å². The molecule has 26 heavy (non-hydrogen) atoms. The lowest BCUT2D eigenvalue weighted by Gasteiger charge is -2.08. The number of non-ortho nitro benzene ring substituents is 1. The standard InChI is InChI=1S/C18H15N3O5/c22-16-6-5-13(21(25)26)11-14(16)19-17(23)7-8-18(24)20-10-9-12-3-1-2-4-15(12)20/h1-6,9-11,22H,7-8H2,(H,19,23). The number of aromatic nitrogens is 1. The molecule has 2 aromatic carbocycles. The summed E-state index contributed by atoms with van der Waals surface area (Å²) in [6.07, 6.45) is 1.49. The van der Waals surface area contributed by atoms with E-state index in [0.717, 1.165) is 29.1 Å². The summed E-state index contributed by atoms with van der Waals surface area (Å²) < 4.78 is 1.48. The molecule has 2 N–H and O–H groups in total. The van der Waals surface area contributed by atoms with Gasteiger partial charge >= 0.3 is 0 Å². The van der Waals surface area contributed by atoms with E-state index < -0.39 is 10.8 Å². The molecule has 3 rings (SSSR count). The normalized spacial score (nSPS) is 10.6. The van der Waals surface area contributed by atoms with Crippen LogP contribution in [0, 0.1) is 10.1 Å². The monoisotopic (exact) mass is 353 g/mol.